The predicted molar refractivity (Wildman–Crippen MR) is 133 cm³/mol. The number of aliphatic imine (C=N–C) groups is 1. The summed E-state index contributed by atoms with van der Waals surface area (Å²) < 4.78 is 7.15. The van der Waals surface area contributed by atoms with Gasteiger partial charge in [-0.15, -0.1) is 0 Å². The summed E-state index contributed by atoms with van der Waals surface area (Å²) in [6, 6.07) is 15.1. The molecule has 2 aromatic carbocycles. The monoisotopic (exact) mass is 447 g/mol. The van der Waals surface area contributed by atoms with Crippen molar-refractivity contribution in [2.45, 2.75) is 46.6 Å². The molecular weight excluding hydrogens is 414 g/mol. The van der Waals surface area contributed by atoms with Crippen molar-refractivity contribution >= 4 is 17.6 Å². The predicted octanol–water partition coefficient (Wildman–Crippen LogP) is 4.74. The molecule has 0 saturated heterocycles. The lowest BCUT2D eigenvalue weighted by atomic mass is 9.87. The van der Waals surface area contributed by atoms with Crippen LogP contribution in [-0.2, 0) is 19.0 Å². The molecular formula is C26H33N5O2. The Hall–Kier alpha value is -3.61. The Morgan fingerprint density at radius 3 is 2.39 bits per heavy atom. The highest BCUT2D eigenvalue weighted by molar-refractivity contribution is 6.10. The van der Waals surface area contributed by atoms with Gasteiger partial charge in [0, 0.05) is 35.6 Å². The average Bonchev–Trinajstić information content (AvgIpc) is 3.02. The number of methoxy groups -OCH3 is 1. The van der Waals surface area contributed by atoms with Gasteiger partial charge in [0.2, 0.25) is 5.96 Å². The van der Waals surface area contributed by atoms with E-state index in [-0.39, 0.29) is 11.3 Å². The van der Waals surface area contributed by atoms with Gasteiger partial charge in [-0.05, 0) is 49.1 Å². The third-order valence-corrected chi connectivity index (χ3v) is 5.63. The number of rotatable bonds is 5. The molecule has 0 bridgehead atoms. The minimum Gasteiger partial charge on any atom is -0.497 e. The van der Waals surface area contributed by atoms with E-state index in [0.717, 1.165) is 22.6 Å². The van der Waals surface area contributed by atoms with Gasteiger partial charge in [-0.3, -0.25) is 14.8 Å². The fourth-order valence-corrected chi connectivity index (χ4v) is 3.45. The first kappa shape index (κ1) is 24.0. The molecule has 2 N–H and O–H groups in total. The number of aryl methyl sites for hydroxylation is 2. The Labute approximate surface area is 195 Å². The molecule has 1 heterocycles. The summed E-state index contributed by atoms with van der Waals surface area (Å²) in [5.74, 6) is 0.836. The van der Waals surface area contributed by atoms with Crippen molar-refractivity contribution in [1.29, 1.82) is 0 Å². The topological polar surface area (TPSA) is 80.5 Å². The number of anilines is 1. The summed E-state index contributed by atoms with van der Waals surface area (Å²) in [5, 5.41) is 10.6. The molecule has 0 unspecified atom stereocenters. The molecule has 3 aromatic rings. The van der Waals surface area contributed by atoms with Gasteiger partial charge in [0.1, 0.15) is 5.75 Å². The van der Waals surface area contributed by atoms with Gasteiger partial charge in [-0.25, -0.2) is 4.99 Å². The van der Waals surface area contributed by atoms with Crippen molar-refractivity contribution in [3.05, 3.63) is 76.6 Å². The fourth-order valence-electron chi connectivity index (χ4n) is 3.45. The van der Waals surface area contributed by atoms with E-state index < -0.39 is 0 Å². The molecule has 33 heavy (non-hydrogen) atoms. The Morgan fingerprint density at radius 2 is 1.82 bits per heavy atom. The van der Waals surface area contributed by atoms with Gasteiger partial charge in [0.15, 0.2) is 0 Å². The number of nitrogens with one attached hydrogen (secondary N) is 2. The zero-order valence-corrected chi connectivity index (χ0v) is 20.5. The van der Waals surface area contributed by atoms with E-state index in [2.05, 4.69) is 41.5 Å². The Kier molecular flexibility index (Phi) is 7.21. The van der Waals surface area contributed by atoms with Crippen molar-refractivity contribution in [2.75, 3.05) is 12.4 Å². The quantitative estimate of drug-likeness (QED) is 0.437. The minimum atomic E-state index is -0.232. The number of aromatic nitrogens is 2. The van der Waals surface area contributed by atoms with E-state index >= 15 is 0 Å². The first-order valence-electron chi connectivity index (χ1n) is 10.9. The highest BCUT2D eigenvalue weighted by Gasteiger charge is 2.16. The second kappa shape index (κ2) is 9.90. The molecule has 174 valence electrons. The molecule has 0 atom stereocenters. The van der Waals surface area contributed by atoms with E-state index in [0.29, 0.717) is 23.8 Å². The molecule has 0 aliphatic heterocycles. The summed E-state index contributed by atoms with van der Waals surface area (Å²) in [5.41, 5.74) is 5.52. The van der Waals surface area contributed by atoms with Crippen LogP contribution in [0.3, 0.4) is 0 Å². The minimum absolute atomic E-state index is 0.0228. The standard InChI is InChI=1S/C26H33N5O2/c1-17-23(18(2)31(6)30-17)16-27-25(28-21-9-8-10-22(15-21)33-7)29-24(32)19-11-13-20(14-12-19)26(3,4)5/h8-15H,16H2,1-7H3,(H2,27,28,29,32). The number of amides is 1. The third-order valence-electron chi connectivity index (χ3n) is 5.63. The number of hydrogen-bond acceptors (Lipinski definition) is 4. The molecule has 7 nitrogen and oxygen atoms in total. The van der Waals surface area contributed by atoms with Crippen LogP contribution in [0.4, 0.5) is 5.69 Å². The zero-order valence-electron chi connectivity index (χ0n) is 20.5. The second-order valence-electron chi connectivity index (χ2n) is 9.08. The molecule has 0 radical (unpaired) electrons. The lowest BCUT2D eigenvalue weighted by Crippen LogP contribution is -2.36. The van der Waals surface area contributed by atoms with Crippen molar-refractivity contribution in [1.82, 2.24) is 15.1 Å². The maximum atomic E-state index is 13.0. The Morgan fingerprint density at radius 1 is 1.12 bits per heavy atom. The third kappa shape index (κ3) is 6.00. The molecule has 1 amide bonds. The number of carbonyl (C=O) groups is 1. The number of benzene rings is 2. The van der Waals surface area contributed by atoms with Gasteiger partial charge >= 0.3 is 0 Å². The van der Waals surface area contributed by atoms with Crippen molar-refractivity contribution in [3.8, 4) is 5.75 Å². The van der Waals surface area contributed by atoms with Crippen LogP contribution >= 0.6 is 0 Å². The van der Waals surface area contributed by atoms with Crippen LogP contribution in [0.1, 0.15) is 53.6 Å². The van der Waals surface area contributed by atoms with Crippen LogP contribution in [0.25, 0.3) is 0 Å². The number of hydrogen-bond donors (Lipinski definition) is 2. The van der Waals surface area contributed by atoms with Gasteiger partial charge in [0.05, 0.1) is 19.3 Å². The molecule has 0 aliphatic carbocycles. The zero-order chi connectivity index (χ0) is 24.2. The van der Waals surface area contributed by atoms with Crippen molar-refractivity contribution in [3.63, 3.8) is 0 Å². The van der Waals surface area contributed by atoms with E-state index in [4.69, 9.17) is 4.74 Å². The van der Waals surface area contributed by atoms with Crippen LogP contribution in [0.15, 0.2) is 53.5 Å². The van der Waals surface area contributed by atoms with Crippen LogP contribution in [0.5, 0.6) is 5.75 Å². The molecule has 0 fully saturated rings. The van der Waals surface area contributed by atoms with Crippen LogP contribution < -0.4 is 15.4 Å². The summed E-state index contributed by atoms with van der Waals surface area (Å²) >= 11 is 0. The number of carbonyl (C=O) groups excluding carboxylic acids is 1. The Bertz CT molecular complexity index is 1150. The molecule has 3 rings (SSSR count). The van der Waals surface area contributed by atoms with E-state index in [1.807, 2.05) is 74.1 Å². The van der Waals surface area contributed by atoms with Crippen LogP contribution in [0, 0.1) is 13.8 Å². The van der Waals surface area contributed by atoms with Gasteiger partial charge in [-0.1, -0.05) is 39.0 Å². The van der Waals surface area contributed by atoms with Crippen molar-refractivity contribution in [2.24, 2.45) is 12.0 Å². The highest BCUT2D eigenvalue weighted by atomic mass is 16.5. The lowest BCUT2D eigenvalue weighted by molar-refractivity contribution is 0.0977. The summed E-state index contributed by atoms with van der Waals surface area (Å²) in [6.45, 7) is 10.8. The van der Waals surface area contributed by atoms with Crippen LogP contribution in [-0.4, -0.2) is 28.8 Å². The largest absolute Gasteiger partial charge is 0.497 e. The first-order valence-corrected chi connectivity index (χ1v) is 10.9. The van der Waals surface area contributed by atoms with Crippen molar-refractivity contribution < 1.29 is 9.53 Å². The molecule has 0 aliphatic rings. The van der Waals surface area contributed by atoms with Gasteiger partial charge in [-0.2, -0.15) is 5.10 Å². The first-order chi connectivity index (χ1) is 15.6. The van der Waals surface area contributed by atoms with E-state index in [9.17, 15) is 4.79 Å². The Balaban J connectivity index is 1.86. The average molecular weight is 448 g/mol. The molecule has 0 spiro atoms. The smallest absolute Gasteiger partial charge is 0.257 e. The summed E-state index contributed by atoms with van der Waals surface area (Å²) in [7, 11) is 3.53. The van der Waals surface area contributed by atoms with Gasteiger partial charge in [0.25, 0.3) is 5.91 Å². The number of ether oxygens (including phenoxy) is 1. The summed E-state index contributed by atoms with van der Waals surface area (Å²) in [4.78, 5) is 17.7. The van der Waals surface area contributed by atoms with E-state index in [1.165, 1.54) is 5.56 Å². The number of guanidine groups is 1. The van der Waals surface area contributed by atoms with E-state index in [1.54, 1.807) is 7.11 Å². The molecule has 7 heteroatoms. The molecule has 1 aromatic heterocycles. The fraction of sp³-hybridized carbons (Fsp3) is 0.346. The summed E-state index contributed by atoms with van der Waals surface area (Å²) in [6.07, 6.45) is 0. The number of nitrogens with zero attached hydrogens (tertiary/aromatic N) is 3. The maximum Gasteiger partial charge on any atom is 0.257 e. The highest BCUT2D eigenvalue weighted by Crippen LogP contribution is 2.22. The maximum absolute atomic E-state index is 13.0. The lowest BCUT2D eigenvalue weighted by Gasteiger charge is -2.19. The SMILES string of the molecule is COc1cccc(NC(=NCc2c(C)nn(C)c2C)NC(=O)c2ccc(C(C)(C)C)cc2)c1. The second-order valence-corrected chi connectivity index (χ2v) is 9.08. The van der Waals surface area contributed by atoms with Crippen LogP contribution in [0.2, 0.25) is 0 Å². The van der Waals surface area contributed by atoms with Gasteiger partial charge < -0.3 is 10.1 Å². The molecule has 0 saturated carbocycles. The normalized spacial score (nSPS) is 11.9.